The Morgan fingerprint density at radius 3 is 2.64 bits per heavy atom. The van der Waals surface area contributed by atoms with Gasteiger partial charge in [-0.25, -0.2) is 0 Å². The van der Waals surface area contributed by atoms with E-state index in [1.807, 2.05) is 12.1 Å². The zero-order valence-electron chi connectivity index (χ0n) is 13.5. The molecule has 0 aromatic heterocycles. The molecule has 1 atom stereocenters. The fraction of sp³-hybridized carbons (Fsp3) is 0.588. The molecule has 1 aromatic carbocycles. The fourth-order valence-corrected chi connectivity index (χ4v) is 2.87. The second-order valence-corrected chi connectivity index (χ2v) is 6.86. The third-order valence-corrected chi connectivity index (χ3v) is 3.92. The maximum Gasteiger partial charge on any atom is 0.223 e. The Kier molecular flexibility index (Phi) is 11.6. The number of benzene rings is 1. The molecule has 126 valence electrons. The zero-order valence-corrected chi connectivity index (χ0v) is 15.9. The van der Waals surface area contributed by atoms with Crippen LogP contribution in [0.15, 0.2) is 28.7 Å². The molecule has 0 saturated carbocycles. The Hall–Kier alpha value is -0.580. The molecule has 1 rings (SSSR count). The first kappa shape index (κ1) is 21.4. The molecule has 3 nitrogen and oxygen atoms in total. The van der Waals surface area contributed by atoms with Crippen molar-refractivity contribution in [3.8, 4) is 0 Å². The summed E-state index contributed by atoms with van der Waals surface area (Å²) < 4.78 is 1.06. The summed E-state index contributed by atoms with van der Waals surface area (Å²) in [5.74, 6) is 0.717. The summed E-state index contributed by atoms with van der Waals surface area (Å²) in [6, 6.07) is 8.20. The van der Waals surface area contributed by atoms with Crippen LogP contribution in [-0.2, 0) is 11.2 Å². The number of nitrogens with two attached hydrogens (primary N) is 1. The van der Waals surface area contributed by atoms with E-state index in [4.69, 9.17) is 5.73 Å². The van der Waals surface area contributed by atoms with Crippen molar-refractivity contribution in [2.24, 2.45) is 17.6 Å². The summed E-state index contributed by atoms with van der Waals surface area (Å²) in [4.78, 5) is 12.4. The van der Waals surface area contributed by atoms with Crippen molar-refractivity contribution in [1.82, 2.24) is 5.32 Å². The highest BCUT2D eigenvalue weighted by molar-refractivity contribution is 9.10. The van der Waals surface area contributed by atoms with Gasteiger partial charge in [-0.15, -0.1) is 12.4 Å². The summed E-state index contributed by atoms with van der Waals surface area (Å²) in [7, 11) is 0. The maximum absolute atomic E-state index is 12.4. The van der Waals surface area contributed by atoms with Crippen molar-refractivity contribution < 1.29 is 4.79 Å². The minimum Gasteiger partial charge on any atom is -0.356 e. The Balaban J connectivity index is 0.00000441. The molecule has 0 heterocycles. The molecule has 1 unspecified atom stereocenters. The monoisotopic (exact) mass is 390 g/mol. The van der Waals surface area contributed by atoms with E-state index in [2.05, 4.69) is 47.2 Å². The van der Waals surface area contributed by atoms with Crippen molar-refractivity contribution >= 4 is 34.2 Å². The van der Waals surface area contributed by atoms with Gasteiger partial charge in [0.1, 0.15) is 0 Å². The first-order chi connectivity index (χ1) is 10.0. The second-order valence-electron chi connectivity index (χ2n) is 5.95. The number of halogens is 2. The molecule has 1 amide bonds. The number of unbranched alkanes of at least 4 members (excludes halogenated alkanes) is 1. The predicted octanol–water partition coefficient (Wildman–Crippen LogP) is 3.93. The van der Waals surface area contributed by atoms with Gasteiger partial charge in [0.25, 0.3) is 0 Å². The van der Waals surface area contributed by atoms with Crippen LogP contribution in [0.1, 0.15) is 38.7 Å². The SMILES string of the molecule is CC(C)CC(Cc1cccc(Br)c1)C(=O)NCCCCN.Cl. The number of rotatable bonds is 9. The lowest BCUT2D eigenvalue weighted by Gasteiger charge is -2.19. The lowest BCUT2D eigenvalue weighted by Crippen LogP contribution is -2.33. The molecule has 0 aliphatic rings. The molecule has 0 fully saturated rings. The van der Waals surface area contributed by atoms with Crippen LogP contribution in [0.3, 0.4) is 0 Å². The minimum atomic E-state index is 0. The van der Waals surface area contributed by atoms with Crippen LogP contribution in [0.5, 0.6) is 0 Å². The summed E-state index contributed by atoms with van der Waals surface area (Å²) in [6.45, 7) is 5.73. The minimum absolute atomic E-state index is 0. The predicted molar refractivity (Wildman–Crippen MR) is 99.3 cm³/mol. The lowest BCUT2D eigenvalue weighted by atomic mass is 9.90. The normalized spacial score (nSPS) is 11.9. The van der Waals surface area contributed by atoms with Gasteiger partial charge in [0.2, 0.25) is 5.91 Å². The highest BCUT2D eigenvalue weighted by atomic mass is 79.9. The Morgan fingerprint density at radius 2 is 2.05 bits per heavy atom. The second kappa shape index (κ2) is 11.9. The van der Waals surface area contributed by atoms with Gasteiger partial charge in [-0.2, -0.15) is 0 Å². The number of carbonyl (C=O) groups is 1. The van der Waals surface area contributed by atoms with Crippen LogP contribution in [0.25, 0.3) is 0 Å². The summed E-state index contributed by atoms with van der Waals surface area (Å²) in [6.07, 6.45) is 3.61. The van der Waals surface area contributed by atoms with Gasteiger partial charge in [0.15, 0.2) is 0 Å². The van der Waals surface area contributed by atoms with Crippen molar-refractivity contribution in [3.63, 3.8) is 0 Å². The molecule has 0 bridgehead atoms. The van der Waals surface area contributed by atoms with E-state index in [0.29, 0.717) is 12.5 Å². The van der Waals surface area contributed by atoms with E-state index >= 15 is 0 Å². The van der Waals surface area contributed by atoms with Crippen LogP contribution < -0.4 is 11.1 Å². The molecule has 0 saturated heterocycles. The smallest absolute Gasteiger partial charge is 0.223 e. The van der Waals surface area contributed by atoms with E-state index < -0.39 is 0 Å². The largest absolute Gasteiger partial charge is 0.356 e. The van der Waals surface area contributed by atoms with Gasteiger partial charge in [-0.3, -0.25) is 4.79 Å². The molecular formula is C17H28BrClN2O. The van der Waals surface area contributed by atoms with Crippen molar-refractivity contribution in [2.75, 3.05) is 13.1 Å². The molecule has 1 aromatic rings. The number of nitrogens with one attached hydrogen (secondary N) is 1. The van der Waals surface area contributed by atoms with Crippen LogP contribution in [0.2, 0.25) is 0 Å². The fourth-order valence-electron chi connectivity index (χ4n) is 2.43. The molecule has 5 heteroatoms. The zero-order chi connectivity index (χ0) is 15.7. The van der Waals surface area contributed by atoms with E-state index in [-0.39, 0.29) is 24.2 Å². The van der Waals surface area contributed by atoms with E-state index in [1.165, 1.54) is 5.56 Å². The van der Waals surface area contributed by atoms with Crippen molar-refractivity contribution in [2.45, 2.75) is 39.5 Å². The molecule has 22 heavy (non-hydrogen) atoms. The highest BCUT2D eigenvalue weighted by Gasteiger charge is 2.20. The Bertz CT molecular complexity index is 440. The number of amides is 1. The summed E-state index contributed by atoms with van der Waals surface area (Å²) in [5, 5.41) is 3.05. The molecular weight excluding hydrogens is 364 g/mol. The summed E-state index contributed by atoms with van der Waals surface area (Å²) in [5.41, 5.74) is 6.67. The number of hydrogen-bond donors (Lipinski definition) is 2. The van der Waals surface area contributed by atoms with Crippen LogP contribution in [0, 0.1) is 11.8 Å². The molecule has 0 aliphatic carbocycles. The standard InChI is InChI=1S/C17H27BrN2O.ClH/c1-13(2)10-15(17(21)20-9-4-3-8-19)11-14-6-5-7-16(18)12-14;/h5-7,12-13,15H,3-4,8-11,19H2,1-2H3,(H,20,21);1H. The summed E-state index contributed by atoms with van der Waals surface area (Å²) >= 11 is 3.49. The maximum atomic E-state index is 12.4. The first-order valence-corrected chi connectivity index (χ1v) is 8.54. The van der Waals surface area contributed by atoms with Crippen molar-refractivity contribution in [1.29, 1.82) is 0 Å². The van der Waals surface area contributed by atoms with Crippen LogP contribution >= 0.6 is 28.3 Å². The van der Waals surface area contributed by atoms with Crippen LogP contribution in [-0.4, -0.2) is 19.0 Å². The molecule has 0 aliphatic heterocycles. The highest BCUT2D eigenvalue weighted by Crippen LogP contribution is 2.20. The quantitative estimate of drug-likeness (QED) is 0.627. The van der Waals surface area contributed by atoms with Gasteiger partial charge in [-0.1, -0.05) is 41.9 Å². The molecule has 0 spiro atoms. The van der Waals surface area contributed by atoms with E-state index in [0.717, 1.165) is 36.7 Å². The van der Waals surface area contributed by atoms with Crippen molar-refractivity contribution in [3.05, 3.63) is 34.3 Å². The van der Waals surface area contributed by atoms with E-state index in [1.54, 1.807) is 0 Å². The van der Waals surface area contributed by atoms with Gasteiger partial charge >= 0.3 is 0 Å². The molecule has 0 radical (unpaired) electrons. The average molecular weight is 392 g/mol. The van der Waals surface area contributed by atoms with Gasteiger partial charge in [0, 0.05) is 16.9 Å². The van der Waals surface area contributed by atoms with Gasteiger partial charge in [-0.05, 0) is 55.8 Å². The third-order valence-electron chi connectivity index (χ3n) is 3.43. The third kappa shape index (κ3) is 8.76. The lowest BCUT2D eigenvalue weighted by molar-refractivity contribution is -0.125. The first-order valence-electron chi connectivity index (χ1n) is 7.75. The number of hydrogen-bond acceptors (Lipinski definition) is 2. The molecule has 3 N–H and O–H groups in total. The van der Waals surface area contributed by atoms with Crippen LogP contribution in [0.4, 0.5) is 0 Å². The van der Waals surface area contributed by atoms with Gasteiger partial charge < -0.3 is 11.1 Å². The Morgan fingerprint density at radius 1 is 1.32 bits per heavy atom. The Labute approximate surface area is 149 Å². The number of carbonyl (C=O) groups excluding carboxylic acids is 1. The van der Waals surface area contributed by atoms with E-state index in [9.17, 15) is 4.79 Å². The topological polar surface area (TPSA) is 55.1 Å². The van der Waals surface area contributed by atoms with Gasteiger partial charge in [0.05, 0.1) is 0 Å². The average Bonchev–Trinajstić information content (AvgIpc) is 2.42.